The fourth-order valence-electron chi connectivity index (χ4n) is 5.97. The van der Waals surface area contributed by atoms with Crippen LogP contribution in [-0.2, 0) is 37.1 Å². The predicted molar refractivity (Wildman–Crippen MR) is 178 cm³/mol. The molecule has 0 spiro atoms. The first-order chi connectivity index (χ1) is 23.4. The molecule has 0 bridgehead atoms. The normalized spacial score (nSPS) is 21.9. The summed E-state index contributed by atoms with van der Waals surface area (Å²) in [6.07, 6.45) is 0.798. The van der Waals surface area contributed by atoms with Gasteiger partial charge in [0.25, 0.3) is 11.6 Å². The number of nitro groups is 1. The second-order valence-electron chi connectivity index (χ2n) is 11.8. The summed E-state index contributed by atoms with van der Waals surface area (Å²) in [5.41, 5.74) is 1.52. The van der Waals surface area contributed by atoms with E-state index in [1.807, 2.05) is 44.2 Å². The average Bonchev–Trinajstić information content (AvgIpc) is 3.66. The summed E-state index contributed by atoms with van der Waals surface area (Å²) < 4.78 is 21.1. The molecule has 16 heteroatoms. The minimum absolute atomic E-state index is 0.00751. The van der Waals surface area contributed by atoms with Gasteiger partial charge >= 0.3 is 12.1 Å². The van der Waals surface area contributed by atoms with Crippen LogP contribution in [0.15, 0.2) is 72.8 Å². The highest BCUT2D eigenvalue weighted by Gasteiger charge is 2.73. The number of carbonyl (C=O) groups excluding carboxylic acids is 4. The summed E-state index contributed by atoms with van der Waals surface area (Å²) >= 11 is 2.59. The Morgan fingerprint density at radius 2 is 1.69 bits per heavy atom. The van der Waals surface area contributed by atoms with Gasteiger partial charge < -0.3 is 34.5 Å². The molecule has 2 saturated heterocycles. The van der Waals surface area contributed by atoms with E-state index in [0.29, 0.717) is 22.6 Å². The van der Waals surface area contributed by atoms with Crippen molar-refractivity contribution in [2.24, 2.45) is 0 Å². The summed E-state index contributed by atoms with van der Waals surface area (Å²) in [7, 11) is 0. The maximum atomic E-state index is 13.9. The molecular weight excluding hydrogens is 677 g/mol. The zero-order valence-corrected chi connectivity index (χ0v) is 28.2. The van der Waals surface area contributed by atoms with Crippen LogP contribution in [0, 0.1) is 10.1 Å². The number of non-ortho nitro benzene ring substituents is 1. The Kier molecular flexibility index (Phi) is 9.35. The van der Waals surface area contributed by atoms with Crippen molar-refractivity contribution in [3.05, 3.63) is 99.6 Å². The lowest BCUT2D eigenvalue weighted by Crippen LogP contribution is -2.75. The zero-order chi connectivity index (χ0) is 34.9. The molecular formula is C33H32N4O10S2. The fraction of sp³-hybridized carbons (Fsp3) is 0.333. The van der Waals surface area contributed by atoms with Crippen LogP contribution in [0.5, 0.6) is 11.5 Å². The highest BCUT2D eigenvalue weighted by Crippen LogP contribution is 2.61. The minimum atomic E-state index is -1.36. The molecule has 2 N–H and O–H groups in total. The molecule has 1 unspecified atom stereocenters. The summed E-state index contributed by atoms with van der Waals surface area (Å²) in [5, 5.41) is 15.7. The number of esters is 1. The molecule has 6 rings (SSSR count). The molecule has 0 aromatic heterocycles. The lowest BCUT2D eigenvalue weighted by Gasteiger charge is -2.49. The summed E-state index contributed by atoms with van der Waals surface area (Å²) in [6, 6.07) is 17.1. The van der Waals surface area contributed by atoms with Gasteiger partial charge in [0.2, 0.25) is 17.6 Å². The van der Waals surface area contributed by atoms with E-state index in [2.05, 4.69) is 10.6 Å². The van der Waals surface area contributed by atoms with Crippen molar-refractivity contribution in [3.8, 4) is 11.5 Å². The first-order valence-electron chi connectivity index (χ1n) is 15.1. The van der Waals surface area contributed by atoms with E-state index in [4.69, 9.17) is 18.9 Å². The molecule has 256 valence electrons. The molecule has 0 aliphatic carbocycles. The van der Waals surface area contributed by atoms with Crippen LogP contribution in [0.4, 0.5) is 10.5 Å². The summed E-state index contributed by atoms with van der Waals surface area (Å²) in [4.78, 5) is 64.9. The maximum Gasteiger partial charge on any atom is 0.408 e. The van der Waals surface area contributed by atoms with Gasteiger partial charge in [-0.2, -0.15) is 0 Å². The van der Waals surface area contributed by atoms with Crippen LogP contribution in [0.25, 0.3) is 0 Å². The number of amides is 3. The highest BCUT2D eigenvalue weighted by molar-refractivity contribution is 8.06. The molecule has 3 aliphatic heterocycles. The summed E-state index contributed by atoms with van der Waals surface area (Å²) in [6.45, 7) is 3.53. The second kappa shape index (κ2) is 13.5. The van der Waals surface area contributed by atoms with E-state index < -0.39 is 55.9 Å². The Hall–Kier alpha value is -4.96. The van der Waals surface area contributed by atoms with Gasteiger partial charge in [-0.3, -0.25) is 19.7 Å². The number of benzene rings is 3. The number of β-lactam (4-membered cyclic amide) rings is 1. The van der Waals surface area contributed by atoms with Crippen LogP contribution in [0.1, 0.15) is 36.6 Å². The number of fused-ring (bicyclic) bond motifs is 2. The first kappa shape index (κ1) is 33.9. The van der Waals surface area contributed by atoms with Crippen LogP contribution in [-0.4, -0.2) is 67.8 Å². The van der Waals surface area contributed by atoms with E-state index in [0.717, 1.165) is 5.56 Å². The van der Waals surface area contributed by atoms with Crippen LogP contribution in [0.3, 0.4) is 0 Å². The van der Waals surface area contributed by atoms with Crippen LogP contribution in [0.2, 0.25) is 0 Å². The Labute approximate surface area is 289 Å². The van der Waals surface area contributed by atoms with Crippen LogP contribution >= 0.6 is 23.5 Å². The Balaban J connectivity index is 1.17. The largest absolute Gasteiger partial charge is 0.458 e. The van der Waals surface area contributed by atoms with Gasteiger partial charge in [0.15, 0.2) is 11.5 Å². The minimum Gasteiger partial charge on any atom is -0.458 e. The predicted octanol–water partition coefficient (Wildman–Crippen LogP) is 4.27. The molecule has 0 saturated carbocycles. The number of alkyl carbamates (subject to hydrolysis) is 1. The van der Waals surface area contributed by atoms with Gasteiger partial charge in [0.05, 0.1) is 9.67 Å². The number of hydrogen-bond acceptors (Lipinski definition) is 12. The lowest BCUT2D eigenvalue weighted by molar-refractivity contribution is -0.384. The van der Waals surface area contributed by atoms with Crippen molar-refractivity contribution in [1.82, 2.24) is 15.5 Å². The van der Waals surface area contributed by atoms with Gasteiger partial charge in [-0.15, -0.1) is 23.5 Å². The quantitative estimate of drug-likeness (QED) is 0.125. The van der Waals surface area contributed by atoms with E-state index in [-0.39, 0.29) is 25.7 Å². The Morgan fingerprint density at radius 1 is 1.02 bits per heavy atom. The van der Waals surface area contributed by atoms with E-state index in [9.17, 15) is 29.3 Å². The second-order valence-corrected chi connectivity index (χ2v) is 14.6. The molecule has 3 aromatic carbocycles. The van der Waals surface area contributed by atoms with Crippen molar-refractivity contribution >= 4 is 53.1 Å². The smallest absolute Gasteiger partial charge is 0.408 e. The van der Waals surface area contributed by atoms with Crippen molar-refractivity contribution in [2.75, 3.05) is 13.0 Å². The van der Waals surface area contributed by atoms with Gasteiger partial charge in [0.1, 0.15) is 30.7 Å². The number of ether oxygens (including phenoxy) is 4. The third kappa shape index (κ3) is 6.33. The molecule has 3 aliphatic rings. The number of nitro benzene ring substituents is 1. The SMILES string of the molecule is CS[C@@]1(C(=O)OCc2ccccc2)N2C(=O)[C@@H](NC(=O)C(NC(=O)OCc3ccc([N+](=O)[O-])cc3)c3ccc4c(c3)OCO4)[C@H]2SC1(C)C. The van der Waals surface area contributed by atoms with E-state index in [1.165, 1.54) is 52.7 Å². The molecule has 3 amide bonds. The molecule has 14 nitrogen and oxygen atoms in total. The third-order valence-electron chi connectivity index (χ3n) is 8.47. The fourth-order valence-corrected chi connectivity index (χ4v) is 9.18. The van der Waals surface area contributed by atoms with Crippen LogP contribution < -0.4 is 20.1 Å². The number of rotatable bonds is 11. The molecule has 49 heavy (non-hydrogen) atoms. The number of nitrogens with one attached hydrogen (secondary N) is 2. The first-order valence-corrected chi connectivity index (χ1v) is 17.2. The topological polar surface area (TPSA) is 176 Å². The molecule has 4 atom stereocenters. The number of carbonyl (C=O) groups is 4. The molecule has 3 aromatic rings. The van der Waals surface area contributed by atoms with E-state index >= 15 is 0 Å². The highest BCUT2D eigenvalue weighted by atomic mass is 32.2. The van der Waals surface area contributed by atoms with Gasteiger partial charge in [-0.05, 0) is 61.1 Å². The summed E-state index contributed by atoms with van der Waals surface area (Å²) in [5.74, 6) is -0.888. The lowest BCUT2D eigenvalue weighted by atomic mass is 9.94. The van der Waals surface area contributed by atoms with Crippen molar-refractivity contribution in [1.29, 1.82) is 0 Å². The average molecular weight is 709 g/mol. The van der Waals surface area contributed by atoms with E-state index in [1.54, 1.807) is 24.5 Å². The number of nitrogens with zero attached hydrogens (tertiary/aromatic N) is 2. The Bertz CT molecular complexity index is 1790. The van der Waals surface area contributed by atoms with Crippen molar-refractivity contribution in [3.63, 3.8) is 0 Å². The number of hydrogen-bond donors (Lipinski definition) is 2. The monoisotopic (exact) mass is 708 g/mol. The standard InChI is InChI=1S/C33H32N4O10S2/c1-32(2)33(48-3,30(40)44-16-19-7-5-4-6-8-19)36-28(39)26(29(36)49-32)34-27(38)25(21-11-14-23-24(15-21)47-18-46-23)35-31(41)45-17-20-9-12-22(13-10-20)37(42)43/h4-15,25-26,29H,16-18H2,1-3H3,(H,34,38)(H,35,41)/t25?,26-,29-,33-/m1/s1. The van der Waals surface area contributed by atoms with Gasteiger partial charge in [0, 0.05) is 12.1 Å². The number of thioether (sulfide) groups is 2. The molecule has 3 heterocycles. The van der Waals surface area contributed by atoms with Crippen molar-refractivity contribution < 1.29 is 43.0 Å². The van der Waals surface area contributed by atoms with Gasteiger partial charge in [-0.1, -0.05) is 36.4 Å². The zero-order valence-electron chi connectivity index (χ0n) is 26.6. The Morgan fingerprint density at radius 3 is 2.39 bits per heavy atom. The molecule has 2 fully saturated rings. The third-order valence-corrected chi connectivity index (χ3v) is 11.7. The molecule has 0 radical (unpaired) electrons. The maximum absolute atomic E-state index is 13.9. The van der Waals surface area contributed by atoms with Crippen molar-refractivity contribution in [2.45, 2.75) is 54.1 Å². The van der Waals surface area contributed by atoms with Gasteiger partial charge in [-0.25, -0.2) is 9.59 Å².